The monoisotopic (exact) mass is 263 g/mol. The lowest BCUT2D eigenvalue weighted by Crippen LogP contribution is -2.56. The molecule has 2 rings (SSSR count). The van der Waals surface area contributed by atoms with E-state index < -0.39 is 5.41 Å². The number of benzene rings is 1. The van der Waals surface area contributed by atoms with Crippen molar-refractivity contribution in [1.82, 2.24) is 0 Å². The van der Waals surface area contributed by atoms with Gasteiger partial charge < -0.3 is 15.2 Å². The van der Waals surface area contributed by atoms with Gasteiger partial charge in [-0.25, -0.2) is 0 Å². The van der Waals surface area contributed by atoms with Crippen LogP contribution in [0.4, 0.5) is 0 Å². The number of hydrogen-bond acceptors (Lipinski definition) is 4. The summed E-state index contributed by atoms with van der Waals surface area (Å²) < 4.78 is 10.0. The van der Waals surface area contributed by atoms with Gasteiger partial charge in [-0.3, -0.25) is 4.79 Å². The van der Waals surface area contributed by atoms with E-state index in [1.807, 2.05) is 12.1 Å². The first kappa shape index (κ1) is 14.0. The summed E-state index contributed by atoms with van der Waals surface area (Å²) in [6.45, 7) is 2.81. The predicted molar refractivity (Wildman–Crippen MR) is 72.6 cm³/mol. The Bertz CT molecular complexity index is 437. The molecular weight excluding hydrogens is 242 g/mol. The van der Waals surface area contributed by atoms with Gasteiger partial charge in [-0.1, -0.05) is 37.6 Å². The van der Waals surface area contributed by atoms with E-state index >= 15 is 0 Å². The van der Waals surface area contributed by atoms with Gasteiger partial charge in [0.1, 0.15) is 5.41 Å². The van der Waals surface area contributed by atoms with Gasteiger partial charge in [0.15, 0.2) is 0 Å². The van der Waals surface area contributed by atoms with Crippen LogP contribution in [0, 0.1) is 5.41 Å². The summed E-state index contributed by atoms with van der Waals surface area (Å²) in [6.07, 6.45) is 2.17. The summed E-state index contributed by atoms with van der Waals surface area (Å²) in [4.78, 5) is 11.9. The number of aryl methyl sites for hydroxylation is 1. The van der Waals surface area contributed by atoms with Crippen molar-refractivity contribution in [1.29, 1.82) is 0 Å². The van der Waals surface area contributed by atoms with E-state index in [0.717, 1.165) is 18.4 Å². The number of carbonyl (C=O) groups excluding carboxylic acids is 1. The smallest absolute Gasteiger partial charge is 0.318 e. The summed E-state index contributed by atoms with van der Waals surface area (Å²) in [5, 5.41) is 0. The minimum Gasteiger partial charge on any atom is -0.468 e. The van der Waals surface area contributed by atoms with Crippen LogP contribution in [0.25, 0.3) is 0 Å². The third-order valence-corrected chi connectivity index (χ3v) is 3.78. The molecule has 0 bridgehead atoms. The third-order valence-electron chi connectivity index (χ3n) is 3.78. The van der Waals surface area contributed by atoms with Crippen LogP contribution in [0.15, 0.2) is 24.3 Å². The first-order valence-corrected chi connectivity index (χ1v) is 6.64. The maximum Gasteiger partial charge on any atom is 0.318 e. The molecule has 2 N–H and O–H groups in total. The van der Waals surface area contributed by atoms with Crippen molar-refractivity contribution >= 4 is 5.97 Å². The lowest BCUT2D eigenvalue weighted by Gasteiger charge is -2.42. The second kappa shape index (κ2) is 5.72. The molecule has 1 unspecified atom stereocenters. The molecule has 104 valence electrons. The molecule has 1 aliphatic heterocycles. The van der Waals surface area contributed by atoms with Crippen molar-refractivity contribution in [3.63, 3.8) is 0 Å². The van der Waals surface area contributed by atoms with Crippen molar-refractivity contribution in [2.75, 3.05) is 20.3 Å². The molecule has 1 aromatic carbocycles. The second-order valence-corrected chi connectivity index (χ2v) is 5.11. The zero-order valence-electron chi connectivity index (χ0n) is 11.5. The Morgan fingerprint density at radius 2 is 2.05 bits per heavy atom. The quantitative estimate of drug-likeness (QED) is 0.823. The molecule has 1 fully saturated rings. The van der Waals surface area contributed by atoms with Crippen LogP contribution in [0.1, 0.15) is 30.5 Å². The lowest BCUT2D eigenvalue weighted by molar-refractivity contribution is -0.188. The Morgan fingerprint density at radius 3 is 2.47 bits per heavy atom. The topological polar surface area (TPSA) is 61.6 Å². The number of esters is 1. The standard InChI is InChI=1S/C15H21NO3/c1-3-4-11-5-7-12(8-6-11)13(16)15(9-19-10-15)14(17)18-2/h5-8,13H,3-4,9-10,16H2,1-2H3. The van der Waals surface area contributed by atoms with Crippen LogP contribution in [-0.4, -0.2) is 26.3 Å². The Balaban J connectivity index is 2.18. The van der Waals surface area contributed by atoms with E-state index in [1.54, 1.807) is 0 Å². The molecular formula is C15H21NO3. The molecule has 0 amide bonds. The van der Waals surface area contributed by atoms with Gasteiger partial charge in [0.2, 0.25) is 0 Å². The maximum absolute atomic E-state index is 11.9. The van der Waals surface area contributed by atoms with E-state index in [1.165, 1.54) is 12.7 Å². The second-order valence-electron chi connectivity index (χ2n) is 5.11. The van der Waals surface area contributed by atoms with Crippen LogP contribution in [-0.2, 0) is 20.7 Å². The van der Waals surface area contributed by atoms with E-state index in [0.29, 0.717) is 13.2 Å². The molecule has 1 aromatic rings. The number of rotatable bonds is 5. The summed E-state index contributed by atoms with van der Waals surface area (Å²) >= 11 is 0. The van der Waals surface area contributed by atoms with Gasteiger partial charge in [-0.2, -0.15) is 0 Å². The fraction of sp³-hybridized carbons (Fsp3) is 0.533. The minimum atomic E-state index is -0.721. The average molecular weight is 263 g/mol. The third kappa shape index (κ3) is 2.51. The van der Waals surface area contributed by atoms with Crippen molar-refractivity contribution in [3.05, 3.63) is 35.4 Å². The number of carbonyl (C=O) groups is 1. The van der Waals surface area contributed by atoms with Crippen LogP contribution < -0.4 is 5.73 Å². The van der Waals surface area contributed by atoms with E-state index in [2.05, 4.69) is 19.1 Å². The van der Waals surface area contributed by atoms with E-state index in [4.69, 9.17) is 15.2 Å². The van der Waals surface area contributed by atoms with Crippen molar-refractivity contribution in [2.24, 2.45) is 11.1 Å². The van der Waals surface area contributed by atoms with Gasteiger partial charge in [-0.05, 0) is 17.5 Å². The number of ether oxygens (including phenoxy) is 2. The highest BCUT2D eigenvalue weighted by atomic mass is 16.5. The number of nitrogens with two attached hydrogens (primary N) is 1. The Kier molecular flexibility index (Phi) is 4.22. The van der Waals surface area contributed by atoms with Gasteiger partial charge in [-0.15, -0.1) is 0 Å². The van der Waals surface area contributed by atoms with Crippen LogP contribution in [0.3, 0.4) is 0 Å². The van der Waals surface area contributed by atoms with Gasteiger partial charge >= 0.3 is 5.97 Å². The van der Waals surface area contributed by atoms with Crippen LogP contribution >= 0.6 is 0 Å². The summed E-state index contributed by atoms with van der Waals surface area (Å²) in [5.74, 6) is -0.288. The number of hydrogen-bond donors (Lipinski definition) is 1. The molecule has 4 nitrogen and oxygen atoms in total. The predicted octanol–water partition coefficient (Wildman–Crippen LogP) is 1.83. The molecule has 4 heteroatoms. The highest BCUT2D eigenvalue weighted by Gasteiger charge is 2.52. The molecule has 0 spiro atoms. The average Bonchev–Trinajstić information content (AvgIpc) is 2.38. The molecule has 19 heavy (non-hydrogen) atoms. The Hall–Kier alpha value is -1.39. The molecule has 0 saturated carbocycles. The van der Waals surface area contributed by atoms with Crippen molar-refractivity contribution in [2.45, 2.75) is 25.8 Å². The zero-order valence-corrected chi connectivity index (χ0v) is 11.5. The molecule has 1 heterocycles. The molecule has 0 aliphatic carbocycles. The molecule has 1 aliphatic rings. The van der Waals surface area contributed by atoms with Gasteiger partial charge in [0.25, 0.3) is 0 Å². The fourth-order valence-electron chi connectivity index (χ4n) is 2.45. The first-order valence-electron chi connectivity index (χ1n) is 6.64. The maximum atomic E-state index is 11.9. The van der Waals surface area contributed by atoms with Crippen molar-refractivity contribution < 1.29 is 14.3 Å². The summed E-state index contributed by atoms with van der Waals surface area (Å²) in [5.41, 5.74) is 7.77. The first-order chi connectivity index (χ1) is 9.14. The normalized spacial score (nSPS) is 18.5. The largest absolute Gasteiger partial charge is 0.468 e. The minimum absolute atomic E-state index is 0.288. The Morgan fingerprint density at radius 1 is 1.42 bits per heavy atom. The highest BCUT2D eigenvalue weighted by Crippen LogP contribution is 2.40. The molecule has 0 aromatic heterocycles. The lowest BCUT2D eigenvalue weighted by atomic mass is 9.75. The van der Waals surface area contributed by atoms with E-state index in [9.17, 15) is 4.79 Å². The highest BCUT2D eigenvalue weighted by molar-refractivity contribution is 5.79. The Labute approximate surface area is 113 Å². The molecule has 0 radical (unpaired) electrons. The fourth-order valence-corrected chi connectivity index (χ4v) is 2.45. The van der Waals surface area contributed by atoms with Gasteiger partial charge in [0.05, 0.1) is 26.4 Å². The molecule has 1 atom stereocenters. The summed E-state index contributed by atoms with van der Waals surface area (Å²) in [7, 11) is 1.39. The van der Waals surface area contributed by atoms with Crippen LogP contribution in [0.2, 0.25) is 0 Å². The van der Waals surface area contributed by atoms with Gasteiger partial charge in [0, 0.05) is 0 Å². The SMILES string of the molecule is CCCc1ccc(C(N)C2(C(=O)OC)COC2)cc1. The summed E-state index contributed by atoms with van der Waals surface area (Å²) in [6, 6.07) is 7.76. The number of methoxy groups -OCH3 is 1. The van der Waals surface area contributed by atoms with Crippen LogP contribution in [0.5, 0.6) is 0 Å². The molecule has 1 saturated heterocycles. The van der Waals surface area contributed by atoms with E-state index in [-0.39, 0.29) is 12.0 Å². The van der Waals surface area contributed by atoms with Crippen molar-refractivity contribution in [3.8, 4) is 0 Å². The zero-order chi connectivity index (χ0) is 13.9.